The zero-order valence-electron chi connectivity index (χ0n) is 21.1. The Balaban J connectivity index is 1.06. The summed E-state index contributed by atoms with van der Waals surface area (Å²) >= 11 is 0. The molecule has 5 aromatic rings. The molecule has 4 N–H and O–H groups in total. The summed E-state index contributed by atoms with van der Waals surface area (Å²) in [5, 5.41) is 14.1. The van der Waals surface area contributed by atoms with E-state index in [1.165, 1.54) is 0 Å². The van der Waals surface area contributed by atoms with Crippen LogP contribution in [0.1, 0.15) is 29.8 Å². The molecule has 3 aromatic heterocycles. The number of β-lactam (4-membered cyclic amide) rings is 1. The number of piperidine rings is 1. The molecule has 1 spiro atoms. The molecule has 2 aromatic carbocycles. The van der Waals surface area contributed by atoms with Gasteiger partial charge >= 0.3 is 0 Å². The minimum absolute atomic E-state index is 0.0190. The maximum absolute atomic E-state index is 13.2. The van der Waals surface area contributed by atoms with Gasteiger partial charge in [-0.3, -0.25) is 14.7 Å². The number of benzene rings is 2. The Labute approximate surface area is 223 Å². The number of carbonyl (C=O) groups excluding carboxylic acids is 2. The molecule has 10 heteroatoms. The molecule has 0 unspecified atom stereocenters. The fourth-order valence-electron chi connectivity index (χ4n) is 5.45. The van der Waals surface area contributed by atoms with Crippen LogP contribution in [0, 0.1) is 0 Å². The van der Waals surface area contributed by atoms with Crippen LogP contribution in [-0.4, -0.2) is 60.5 Å². The Hall–Kier alpha value is -4.99. The van der Waals surface area contributed by atoms with Crippen LogP contribution in [0.4, 0.5) is 11.5 Å². The molecule has 2 aliphatic rings. The molecule has 0 saturated carbocycles. The van der Waals surface area contributed by atoms with Crippen LogP contribution in [-0.2, 0) is 4.79 Å². The Kier molecular flexibility index (Phi) is 5.39. The summed E-state index contributed by atoms with van der Waals surface area (Å²) < 4.78 is 0. The standard InChI is InChI=1S/C29H26N8O2/c38-26-15-29(36-26)8-11-37(12-9-29)28(39)24-13-19-1-2-20(14-23(19)34-24)27-30-10-7-25(35-27)33-22-5-3-18(4-6-22)21-16-31-32-17-21/h1-7,10,13-14,16-17,34H,8-9,11-12,15H2,(H,31,32)(H,36,38)(H,30,33,35). The van der Waals surface area contributed by atoms with E-state index in [0.717, 1.165) is 46.1 Å². The molecule has 10 nitrogen and oxygen atoms in total. The number of H-pyrrole nitrogens is 2. The van der Waals surface area contributed by atoms with Crippen molar-refractivity contribution in [3.8, 4) is 22.5 Å². The number of aromatic nitrogens is 5. The third-order valence-electron chi connectivity index (χ3n) is 7.67. The lowest BCUT2D eigenvalue weighted by Gasteiger charge is -2.47. The average Bonchev–Trinajstić information content (AvgIpc) is 3.63. The van der Waals surface area contributed by atoms with Crippen molar-refractivity contribution in [2.45, 2.75) is 24.8 Å². The summed E-state index contributed by atoms with van der Waals surface area (Å²) in [7, 11) is 0. The first-order chi connectivity index (χ1) is 19.0. The molecule has 0 bridgehead atoms. The lowest BCUT2D eigenvalue weighted by molar-refractivity contribution is -0.134. The molecule has 0 radical (unpaired) electrons. The van der Waals surface area contributed by atoms with E-state index in [4.69, 9.17) is 4.98 Å². The third-order valence-corrected chi connectivity index (χ3v) is 7.67. The molecule has 194 valence electrons. The summed E-state index contributed by atoms with van der Waals surface area (Å²) in [6, 6.07) is 17.7. The Bertz CT molecular complexity index is 1670. The van der Waals surface area contributed by atoms with Gasteiger partial charge in [0.05, 0.1) is 11.7 Å². The van der Waals surface area contributed by atoms with Crippen LogP contribution in [0.25, 0.3) is 33.4 Å². The summed E-state index contributed by atoms with van der Waals surface area (Å²) in [5.74, 6) is 1.35. The first kappa shape index (κ1) is 23.2. The van der Waals surface area contributed by atoms with Crippen LogP contribution in [0.3, 0.4) is 0 Å². The number of rotatable bonds is 5. The van der Waals surface area contributed by atoms with E-state index < -0.39 is 0 Å². The zero-order chi connectivity index (χ0) is 26.4. The van der Waals surface area contributed by atoms with Crippen LogP contribution in [0.15, 0.2) is 73.2 Å². The second-order valence-electron chi connectivity index (χ2n) is 10.2. The number of amides is 2. The molecular weight excluding hydrogens is 492 g/mol. The van der Waals surface area contributed by atoms with Crippen LogP contribution in [0.5, 0.6) is 0 Å². The smallest absolute Gasteiger partial charge is 0.270 e. The lowest BCUT2D eigenvalue weighted by atomic mass is 9.78. The Morgan fingerprint density at radius 1 is 0.974 bits per heavy atom. The lowest BCUT2D eigenvalue weighted by Crippen LogP contribution is -2.65. The molecule has 7 rings (SSSR count). The number of aromatic amines is 2. The van der Waals surface area contributed by atoms with Gasteiger partial charge in [-0.15, -0.1) is 0 Å². The molecule has 2 saturated heterocycles. The molecule has 2 fully saturated rings. The van der Waals surface area contributed by atoms with E-state index in [0.29, 0.717) is 36.8 Å². The van der Waals surface area contributed by atoms with Crippen molar-refractivity contribution in [1.29, 1.82) is 0 Å². The van der Waals surface area contributed by atoms with E-state index in [9.17, 15) is 9.59 Å². The number of nitrogens with zero attached hydrogens (tertiary/aromatic N) is 4. The van der Waals surface area contributed by atoms with Gasteiger partial charge in [0.15, 0.2) is 5.82 Å². The second kappa shape index (κ2) is 9.09. The van der Waals surface area contributed by atoms with E-state index in [-0.39, 0.29) is 17.4 Å². The minimum atomic E-state index is -0.101. The Morgan fingerprint density at radius 3 is 2.51 bits per heavy atom. The highest BCUT2D eigenvalue weighted by Gasteiger charge is 2.45. The molecule has 2 amide bonds. The molecule has 5 heterocycles. The van der Waals surface area contributed by atoms with Gasteiger partial charge in [0.1, 0.15) is 11.5 Å². The normalized spacial score (nSPS) is 16.2. The van der Waals surface area contributed by atoms with Crippen molar-refractivity contribution in [2.75, 3.05) is 18.4 Å². The predicted molar refractivity (Wildman–Crippen MR) is 147 cm³/mol. The fraction of sp³-hybridized carbons (Fsp3) is 0.207. The number of carbonyl (C=O) groups is 2. The summed E-state index contributed by atoms with van der Waals surface area (Å²) in [5.41, 5.74) is 5.19. The van der Waals surface area contributed by atoms with Crippen molar-refractivity contribution in [2.24, 2.45) is 0 Å². The molecule has 2 aliphatic heterocycles. The number of nitrogens with one attached hydrogen (secondary N) is 4. The maximum atomic E-state index is 13.2. The minimum Gasteiger partial charge on any atom is -0.351 e. The number of anilines is 2. The first-order valence-corrected chi connectivity index (χ1v) is 13.0. The van der Waals surface area contributed by atoms with Gasteiger partial charge in [-0.2, -0.15) is 5.10 Å². The van der Waals surface area contributed by atoms with Crippen LogP contribution in [0.2, 0.25) is 0 Å². The van der Waals surface area contributed by atoms with E-state index >= 15 is 0 Å². The second-order valence-corrected chi connectivity index (χ2v) is 10.2. The average molecular weight is 519 g/mol. The van der Waals surface area contributed by atoms with Gasteiger partial charge in [-0.1, -0.05) is 24.3 Å². The highest BCUT2D eigenvalue weighted by Crippen LogP contribution is 2.33. The molecular formula is C29H26N8O2. The van der Waals surface area contributed by atoms with Crippen molar-refractivity contribution in [1.82, 2.24) is 35.4 Å². The fourth-order valence-corrected chi connectivity index (χ4v) is 5.45. The van der Waals surface area contributed by atoms with Gasteiger partial charge in [-0.25, -0.2) is 9.97 Å². The van der Waals surface area contributed by atoms with Crippen LogP contribution >= 0.6 is 0 Å². The maximum Gasteiger partial charge on any atom is 0.270 e. The molecule has 0 atom stereocenters. The highest BCUT2D eigenvalue weighted by atomic mass is 16.2. The van der Waals surface area contributed by atoms with Crippen LogP contribution < -0.4 is 10.6 Å². The molecule has 39 heavy (non-hydrogen) atoms. The van der Waals surface area contributed by atoms with E-state index in [2.05, 4.69) is 30.8 Å². The van der Waals surface area contributed by atoms with Gasteiger partial charge in [0.2, 0.25) is 5.91 Å². The zero-order valence-corrected chi connectivity index (χ0v) is 21.1. The van der Waals surface area contributed by atoms with Crippen molar-refractivity contribution >= 4 is 34.2 Å². The number of likely N-dealkylation sites (tertiary alicyclic amines) is 1. The van der Waals surface area contributed by atoms with Crippen molar-refractivity contribution in [3.05, 3.63) is 78.9 Å². The summed E-state index contributed by atoms with van der Waals surface area (Å²) in [6.07, 6.45) is 7.54. The number of hydrogen-bond acceptors (Lipinski definition) is 6. The van der Waals surface area contributed by atoms with E-state index in [1.807, 2.05) is 65.7 Å². The quantitative estimate of drug-likeness (QED) is 0.257. The van der Waals surface area contributed by atoms with Gasteiger partial charge in [0.25, 0.3) is 5.91 Å². The largest absolute Gasteiger partial charge is 0.351 e. The van der Waals surface area contributed by atoms with Gasteiger partial charge in [-0.05, 0) is 48.7 Å². The SMILES string of the molecule is O=C1CC2(CCN(C(=O)c3cc4ccc(-c5nccc(Nc6ccc(-c7cn[nH]c7)cc6)n5)cc4[nH]3)CC2)N1. The third kappa shape index (κ3) is 4.39. The molecule has 0 aliphatic carbocycles. The summed E-state index contributed by atoms with van der Waals surface area (Å²) in [6.45, 7) is 1.28. The van der Waals surface area contributed by atoms with Crippen molar-refractivity contribution in [3.63, 3.8) is 0 Å². The highest BCUT2D eigenvalue weighted by molar-refractivity contribution is 5.99. The monoisotopic (exact) mass is 518 g/mol. The Morgan fingerprint density at radius 2 is 1.77 bits per heavy atom. The number of hydrogen-bond donors (Lipinski definition) is 4. The van der Waals surface area contributed by atoms with Crippen molar-refractivity contribution < 1.29 is 9.59 Å². The van der Waals surface area contributed by atoms with Gasteiger partial charge < -0.3 is 20.5 Å². The van der Waals surface area contributed by atoms with E-state index in [1.54, 1.807) is 12.4 Å². The summed E-state index contributed by atoms with van der Waals surface area (Å²) in [4.78, 5) is 38.9. The van der Waals surface area contributed by atoms with Gasteiger partial charge in [0, 0.05) is 59.6 Å². The number of fused-ring (bicyclic) bond motifs is 1. The predicted octanol–water partition coefficient (Wildman–Crippen LogP) is 4.25. The first-order valence-electron chi connectivity index (χ1n) is 13.0. The topological polar surface area (TPSA) is 132 Å².